The molecule has 1 unspecified atom stereocenters. The van der Waals surface area contributed by atoms with Crippen LogP contribution in [0.4, 0.5) is 0 Å². The van der Waals surface area contributed by atoms with E-state index >= 15 is 0 Å². The fourth-order valence-electron chi connectivity index (χ4n) is 1.69. The van der Waals surface area contributed by atoms with E-state index in [4.69, 9.17) is 11.6 Å². The Morgan fingerprint density at radius 1 is 1.25 bits per heavy atom. The van der Waals surface area contributed by atoms with Gasteiger partial charge in [-0.15, -0.1) is 0 Å². The van der Waals surface area contributed by atoms with Crippen molar-refractivity contribution in [1.82, 2.24) is 10.6 Å². The van der Waals surface area contributed by atoms with Crippen molar-refractivity contribution < 1.29 is 5.11 Å². The summed E-state index contributed by atoms with van der Waals surface area (Å²) in [6.07, 6.45) is 1.62. The van der Waals surface area contributed by atoms with Crippen molar-refractivity contribution >= 4 is 17.6 Å². The lowest BCUT2D eigenvalue weighted by molar-refractivity contribution is 0.187. The number of rotatable bonds is 7. The third-order valence-electron chi connectivity index (χ3n) is 2.84. The third kappa shape index (κ3) is 6.26. The van der Waals surface area contributed by atoms with Crippen LogP contribution in [0.25, 0.3) is 0 Å². The number of nitrogens with zero attached hydrogens (tertiary/aromatic N) is 1. The van der Waals surface area contributed by atoms with Crippen molar-refractivity contribution in [3.05, 3.63) is 34.9 Å². The Hall–Kier alpha value is -1.26. The molecule has 0 aliphatic carbocycles. The summed E-state index contributed by atoms with van der Waals surface area (Å²) < 4.78 is 0. The van der Waals surface area contributed by atoms with E-state index in [9.17, 15) is 5.11 Å². The monoisotopic (exact) mass is 297 g/mol. The van der Waals surface area contributed by atoms with Crippen LogP contribution in [0.3, 0.4) is 0 Å². The molecule has 5 heteroatoms. The van der Waals surface area contributed by atoms with Crippen molar-refractivity contribution in [2.45, 2.75) is 32.8 Å². The van der Waals surface area contributed by atoms with Crippen molar-refractivity contribution in [3.8, 4) is 0 Å². The Labute approximate surface area is 126 Å². The van der Waals surface area contributed by atoms with Crippen LogP contribution in [0, 0.1) is 0 Å². The number of nitrogens with one attached hydrogen (secondary N) is 2. The molecule has 0 spiro atoms. The highest BCUT2D eigenvalue weighted by molar-refractivity contribution is 6.30. The van der Waals surface area contributed by atoms with Gasteiger partial charge in [0.1, 0.15) is 0 Å². The van der Waals surface area contributed by atoms with E-state index in [1.165, 1.54) is 0 Å². The second kappa shape index (κ2) is 9.61. The lowest BCUT2D eigenvalue weighted by atomic mass is 10.1. The molecule has 0 aliphatic rings. The van der Waals surface area contributed by atoms with E-state index < -0.39 is 6.10 Å². The minimum Gasteiger partial charge on any atom is -0.386 e. The quantitative estimate of drug-likeness (QED) is 0.412. The van der Waals surface area contributed by atoms with Gasteiger partial charge in [-0.1, -0.05) is 37.1 Å². The molecular formula is C15H24ClN3O. The first-order valence-electron chi connectivity index (χ1n) is 7.13. The normalized spacial score (nSPS) is 13.1. The molecule has 1 rings (SSSR count). The highest BCUT2D eigenvalue weighted by Gasteiger charge is 2.07. The second-order valence-electron chi connectivity index (χ2n) is 4.57. The minimum absolute atomic E-state index is 0.323. The first-order chi connectivity index (χ1) is 9.67. The number of aliphatic imine (C=N–C) groups is 1. The molecule has 112 valence electrons. The van der Waals surface area contributed by atoms with Gasteiger partial charge < -0.3 is 15.7 Å². The van der Waals surface area contributed by atoms with E-state index in [0.717, 1.165) is 37.5 Å². The van der Waals surface area contributed by atoms with Crippen LogP contribution >= 0.6 is 11.6 Å². The van der Waals surface area contributed by atoms with E-state index in [0.29, 0.717) is 11.6 Å². The smallest absolute Gasteiger partial charge is 0.191 e. The summed E-state index contributed by atoms with van der Waals surface area (Å²) in [5, 5.41) is 17.2. The van der Waals surface area contributed by atoms with E-state index in [2.05, 4.69) is 22.5 Å². The lowest BCUT2D eigenvalue weighted by Gasteiger charge is -2.13. The van der Waals surface area contributed by atoms with Gasteiger partial charge in [0.2, 0.25) is 0 Å². The van der Waals surface area contributed by atoms with Crippen LogP contribution in [0.2, 0.25) is 5.02 Å². The summed E-state index contributed by atoms with van der Waals surface area (Å²) in [4.78, 5) is 4.40. The van der Waals surface area contributed by atoms with Gasteiger partial charge in [0.05, 0.1) is 12.6 Å². The van der Waals surface area contributed by atoms with Gasteiger partial charge >= 0.3 is 0 Å². The Morgan fingerprint density at radius 2 is 1.95 bits per heavy atom. The zero-order chi connectivity index (χ0) is 14.8. The predicted octanol–water partition coefficient (Wildman–Crippen LogP) is 2.73. The topological polar surface area (TPSA) is 56.7 Å². The largest absolute Gasteiger partial charge is 0.386 e. The fraction of sp³-hybridized carbons (Fsp3) is 0.533. The molecule has 0 bridgehead atoms. The summed E-state index contributed by atoms with van der Waals surface area (Å²) in [6, 6.07) is 7.18. The van der Waals surface area contributed by atoms with Crippen molar-refractivity contribution in [2.75, 3.05) is 19.6 Å². The summed E-state index contributed by atoms with van der Waals surface area (Å²) >= 11 is 5.83. The van der Waals surface area contributed by atoms with E-state index in [-0.39, 0.29) is 0 Å². The van der Waals surface area contributed by atoms with Gasteiger partial charge in [-0.05, 0) is 31.0 Å². The summed E-state index contributed by atoms with van der Waals surface area (Å²) in [5.74, 6) is 0.744. The molecule has 1 aromatic carbocycles. The number of unbranched alkanes of at least 4 members (excludes halogenated alkanes) is 1. The van der Waals surface area contributed by atoms with Gasteiger partial charge in [0.15, 0.2) is 5.96 Å². The van der Waals surface area contributed by atoms with Crippen LogP contribution < -0.4 is 10.6 Å². The molecule has 0 saturated carbocycles. The highest BCUT2D eigenvalue weighted by Crippen LogP contribution is 2.16. The lowest BCUT2D eigenvalue weighted by Crippen LogP contribution is -2.38. The first kappa shape index (κ1) is 16.8. The molecule has 3 N–H and O–H groups in total. The van der Waals surface area contributed by atoms with Gasteiger partial charge in [-0.2, -0.15) is 0 Å². The van der Waals surface area contributed by atoms with Crippen LogP contribution in [0.5, 0.6) is 0 Å². The van der Waals surface area contributed by atoms with Gasteiger partial charge in [0.25, 0.3) is 0 Å². The Bertz CT molecular complexity index is 406. The van der Waals surface area contributed by atoms with Crippen molar-refractivity contribution in [3.63, 3.8) is 0 Å². The number of aliphatic hydroxyl groups excluding tert-OH is 1. The predicted molar refractivity (Wildman–Crippen MR) is 85.3 cm³/mol. The molecule has 0 aromatic heterocycles. The Kier molecular flexibility index (Phi) is 8.07. The Balaban J connectivity index is 2.54. The maximum absolute atomic E-state index is 10.1. The number of benzene rings is 1. The highest BCUT2D eigenvalue weighted by atomic mass is 35.5. The fourth-order valence-corrected chi connectivity index (χ4v) is 1.82. The molecular weight excluding hydrogens is 274 g/mol. The summed E-state index contributed by atoms with van der Waals surface area (Å²) in [5.41, 5.74) is 0.822. The SMILES string of the molecule is CCCCNC(=NCC(O)c1ccc(Cl)cc1)NCC. The molecule has 0 amide bonds. The van der Waals surface area contributed by atoms with Gasteiger partial charge in [0, 0.05) is 18.1 Å². The van der Waals surface area contributed by atoms with Crippen molar-refractivity contribution in [1.29, 1.82) is 0 Å². The second-order valence-corrected chi connectivity index (χ2v) is 5.00. The standard InChI is InChI=1S/C15H24ClN3O/c1-3-5-10-18-15(17-4-2)19-11-14(20)12-6-8-13(16)9-7-12/h6-9,14,20H,3-5,10-11H2,1-2H3,(H2,17,18,19). The molecule has 4 nitrogen and oxygen atoms in total. The summed E-state index contributed by atoms with van der Waals surface area (Å²) in [6.45, 7) is 6.18. The molecule has 0 saturated heterocycles. The zero-order valence-electron chi connectivity index (χ0n) is 12.2. The average molecular weight is 298 g/mol. The van der Waals surface area contributed by atoms with Gasteiger partial charge in [-0.3, -0.25) is 4.99 Å². The first-order valence-corrected chi connectivity index (χ1v) is 7.50. The zero-order valence-corrected chi connectivity index (χ0v) is 13.0. The van der Waals surface area contributed by atoms with Gasteiger partial charge in [-0.25, -0.2) is 0 Å². The average Bonchev–Trinajstić information content (AvgIpc) is 2.45. The molecule has 1 aromatic rings. The molecule has 0 fully saturated rings. The Morgan fingerprint density at radius 3 is 2.55 bits per heavy atom. The van der Waals surface area contributed by atoms with E-state index in [1.807, 2.05) is 19.1 Å². The maximum atomic E-state index is 10.1. The van der Waals surface area contributed by atoms with Crippen LogP contribution in [0.15, 0.2) is 29.3 Å². The van der Waals surface area contributed by atoms with Crippen LogP contribution in [-0.4, -0.2) is 30.7 Å². The number of aliphatic hydroxyl groups is 1. The number of hydrogen-bond acceptors (Lipinski definition) is 2. The third-order valence-corrected chi connectivity index (χ3v) is 3.10. The molecule has 0 aliphatic heterocycles. The van der Waals surface area contributed by atoms with Crippen molar-refractivity contribution in [2.24, 2.45) is 4.99 Å². The molecule has 1 atom stereocenters. The summed E-state index contributed by atoms with van der Waals surface area (Å²) in [7, 11) is 0. The van der Waals surface area contributed by atoms with Crippen LogP contribution in [0.1, 0.15) is 38.4 Å². The molecule has 0 heterocycles. The number of guanidine groups is 1. The molecule has 0 radical (unpaired) electrons. The van der Waals surface area contributed by atoms with E-state index in [1.54, 1.807) is 12.1 Å². The van der Waals surface area contributed by atoms with Crippen LogP contribution in [-0.2, 0) is 0 Å². The maximum Gasteiger partial charge on any atom is 0.191 e. The minimum atomic E-state index is -0.617. The molecule has 20 heavy (non-hydrogen) atoms. The number of hydrogen-bond donors (Lipinski definition) is 3. The number of halogens is 1.